The van der Waals surface area contributed by atoms with Crippen LogP contribution in [0.4, 0.5) is 0 Å². The lowest BCUT2D eigenvalue weighted by molar-refractivity contribution is 0.613. The molecule has 3 aromatic rings. The molecule has 2 aliphatic rings. The Balaban J connectivity index is 1.26. The van der Waals surface area contributed by atoms with E-state index in [9.17, 15) is 0 Å². The molecular weight excluding hydrogens is 408 g/mol. The van der Waals surface area contributed by atoms with Gasteiger partial charge in [0.25, 0.3) is 0 Å². The minimum atomic E-state index is 0.304. The van der Waals surface area contributed by atoms with Gasteiger partial charge < -0.3 is 26.7 Å². The van der Waals surface area contributed by atoms with Crippen LogP contribution in [-0.4, -0.2) is 29.1 Å². The van der Waals surface area contributed by atoms with Crippen LogP contribution in [0.3, 0.4) is 0 Å². The van der Waals surface area contributed by atoms with Crippen molar-refractivity contribution in [3.63, 3.8) is 0 Å². The van der Waals surface area contributed by atoms with Crippen molar-refractivity contribution in [1.82, 2.24) is 25.9 Å². The van der Waals surface area contributed by atoms with Crippen LogP contribution in [0.2, 0.25) is 0 Å². The van der Waals surface area contributed by atoms with Gasteiger partial charge in [-0.05, 0) is 61.0 Å². The Labute approximate surface area is 195 Å². The maximum absolute atomic E-state index is 5.92. The molecule has 170 valence electrons. The van der Waals surface area contributed by atoms with E-state index in [1.54, 1.807) is 6.20 Å². The molecule has 0 amide bonds. The number of aromatic amines is 1. The van der Waals surface area contributed by atoms with Crippen molar-refractivity contribution in [1.29, 1.82) is 0 Å². The van der Waals surface area contributed by atoms with E-state index in [2.05, 4.69) is 81.0 Å². The summed E-state index contributed by atoms with van der Waals surface area (Å²) in [5.41, 5.74) is 13.3. The molecule has 6 heteroatoms. The molecular formula is C27H32N6. The van der Waals surface area contributed by atoms with Crippen molar-refractivity contribution in [2.24, 2.45) is 5.73 Å². The maximum atomic E-state index is 5.92. The summed E-state index contributed by atoms with van der Waals surface area (Å²) in [7, 11) is 0. The second-order valence-corrected chi connectivity index (χ2v) is 8.87. The van der Waals surface area contributed by atoms with Crippen LogP contribution in [0.15, 0.2) is 73.2 Å². The van der Waals surface area contributed by atoms with Gasteiger partial charge in [-0.15, -0.1) is 0 Å². The van der Waals surface area contributed by atoms with Crippen LogP contribution in [0.1, 0.15) is 43.1 Å². The second-order valence-electron chi connectivity index (χ2n) is 8.87. The van der Waals surface area contributed by atoms with Gasteiger partial charge in [0.1, 0.15) is 5.82 Å². The Morgan fingerprint density at radius 3 is 2.24 bits per heavy atom. The molecule has 0 spiro atoms. The fourth-order valence-electron chi connectivity index (χ4n) is 4.71. The molecule has 2 aromatic carbocycles. The number of nitrogens with one attached hydrogen (secondary N) is 4. The molecule has 2 fully saturated rings. The van der Waals surface area contributed by atoms with Crippen molar-refractivity contribution < 1.29 is 0 Å². The molecule has 1 aromatic heterocycles. The third kappa shape index (κ3) is 4.72. The van der Waals surface area contributed by atoms with Gasteiger partial charge in [-0.25, -0.2) is 4.98 Å². The average molecular weight is 441 g/mol. The summed E-state index contributed by atoms with van der Waals surface area (Å²) in [6.07, 6.45) is 8.19. The standard InChI is InChI=1S/C27H32N6/c1-18(23-4-2-14-29-23)32-25(16-28)21-10-6-19(7-11-21)20-8-12-22(13-9-20)26-17-31-27(33-26)24-5-3-15-30-24/h6-13,16-17,23-24,29-30,32H,1-5,14-15,28H2,(H,31,33)/b25-16-/t23-,24-/m0/s1. The zero-order valence-corrected chi connectivity index (χ0v) is 18.9. The van der Waals surface area contributed by atoms with E-state index in [-0.39, 0.29) is 0 Å². The van der Waals surface area contributed by atoms with Gasteiger partial charge in [0.15, 0.2) is 0 Å². The number of aromatic nitrogens is 2. The molecule has 2 saturated heterocycles. The molecule has 6 N–H and O–H groups in total. The average Bonchev–Trinajstić information content (AvgIpc) is 3.65. The van der Waals surface area contributed by atoms with E-state index in [0.29, 0.717) is 12.1 Å². The van der Waals surface area contributed by atoms with Crippen LogP contribution in [0, 0.1) is 0 Å². The third-order valence-electron chi connectivity index (χ3n) is 6.65. The molecule has 5 rings (SSSR count). The molecule has 0 radical (unpaired) electrons. The molecule has 6 nitrogen and oxygen atoms in total. The lowest BCUT2D eigenvalue weighted by Gasteiger charge is -2.18. The highest BCUT2D eigenvalue weighted by Gasteiger charge is 2.19. The molecule has 0 saturated carbocycles. The van der Waals surface area contributed by atoms with Crippen molar-refractivity contribution in [2.75, 3.05) is 13.1 Å². The highest BCUT2D eigenvalue weighted by Crippen LogP contribution is 2.27. The summed E-state index contributed by atoms with van der Waals surface area (Å²) in [6.45, 7) is 6.30. The van der Waals surface area contributed by atoms with Crippen molar-refractivity contribution in [2.45, 2.75) is 37.8 Å². The van der Waals surface area contributed by atoms with E-state index in [1.165, 1.54) is 24.0 Å². The van der Waals surface area contributed by atoms with Gasteiger partial charge >= 0.3 is 0 Å². The van der Waals surface area contributed by atoms with Crippen molar-refractivity contribution in [3.05, 3.63) is 84.6 Å². The zero-order chi connectivity index (χ0) is 22.6. The first kappa shape index (κ1) is 21.5. The number of nitrogens with zero attached hydrogens (tertiary/aromatic N) is 1. The molecule has 2 atom stereocenters. The Hall–Kier alpha value is -3.35. The minimum absolute atomic E-state index is 0.304. The van der Waals surface area contributed by atoms with E-state index in [1.807, 2.05) is 6.20 Å². The smallest absolute Gasteiger partial charge is 0.123 e. The monoisotopic (exact) mass is 440 g/mol. The summed E-state index contributed by atoms with van der Waals surface area (Å²) in [5.74, 6) is 1.03. The van der Waals surface area contributed by atoms with Crippen LogP contribution < -0.4 is 21.7 Å². The first-order valence-corrected chi connectivity index (χ1v) is 11.8. The fourth-order valence-corrected chi connectivity index (χ4v) is 4.71. The number of H-pyrrole nitrogens is 1. The topological polar surface area (TPSA) is 90.8 Å². The Kier molecular flexibility index (Phi) is 6.28. The number of hydrogen-bond donors (Lipinski definition) is 5. The summed E-state index contributed by atoms with van der Waals surface area (Å²) in [4.78, 5) is 8.07. The summed E-state index contributed by atoms with van der Waals surface area (Å²) in [5, 5.41) is 10.3. The predicted octanol–water partition coefficient (Wildman–Crippen LogP) is 4.28. The van der Waals surface area contributed by atoms with Gasteiger partial charge in [-0.3, -0.25) is 0 Å². The van der Waals surface area contributed by atoms with Crippen LogP contribution in [0.5, 0.6) is 0 Å². The van der Waals surface area contributed by atoms with Gasteiger partial charge in [0.05, 0.1) is 23.6 Å². The largest absolute Gasteiger partial charge is 0.403 e. The number of imidazole rings is 1. The van der Waals surface area contributed by atoms with E-state index in [0.717, 1.165) is 60.0 Å². The summed E-state index contributed by atoms with van der Waals surface area (Å²) >= 11 is 0. The predicted molar refractivity (Wildman–Crippen MR) is 135 cm³/mol. The molecule has 2 aliphatic heterocycles. The van der Waals surface area contributed by atoms with Crippen molar-refractivity contribution in [3.8, 4) is 22.4 Å². The maximum Gasteiger partial charge on any atom is 0.123 e. The summed E-state index contributed by atoms with van der Waals surface area (Å²) < 4.78 is 0. The molecule has 0 aliphatic carbocycles. The first-order valence-electron chi connectivity index (χ1n) is 11.8. The number of rotatable bonds is 7. The van der Waals surface area contributed by atoms with Crippen LogP contribution >= 0.6 is 0 Å². The van der Waals surface area contributed by atoms with E-state index >= 15 is 0 Å². The Bertz CT molecular complexity index is 1110. The van der Waals surface area contributed by atoms with Crippen LogP contribution in [0.25, 0.3) is 28.1 Å². The molecule has 3 heterocycles. The molecule has 0 bridgehead atoms. The third-order valence-corrected chi connectivity index (χ3v) is 6.65. The second kappa shape index (κ2) is 9.65. The first-order chi connectivity index (χ1) is 16.2. The quantitative estimate of drug-likeness (QED) is 0.378. The Morgan fingerprint density at radius 1 is 0.939 bits per heavy atom. The number of benzene rings is 2. The lowest BCUT2D eigenvalue weighted by Crippen LogP contribution is -2.30. The van der Waals surface area contributed by atoms with Crippen LogP contribution in [-0.2, 0) is 0 Å². The SMILES string of the molecule is C=C(N/C(=C\N)c1ccc(-c2ccc(-c3cnc([C@@H]4CCCN4)[nH]3)cc2)cc1)[C@@H]1CCCN1. The van der Waals surface area contributed by atoms with Gasteiger partial charge in [0, 0.05) is 17.9 Å². The molecule has 33 heavy (non-hydrogen) atoms. The lowest BCUT2D eigenvalue weighted by atomic mass is 10.0. The van der Waals surface area contributed by atoms with Crippen molar-refractivity contribution >= 4 is 5.70 Å². The number of hydrogen-bond acceptors (Lipinski definition) is 5. The van der Waals surface area contributed by atoms with Gasteiger partial charge in [-0.2, -0.15) is 0 Å². The van der Waals surface area contributed by atoms with Gasteiger partial charge in [-0.1, -0.05) is 55.1 Å². The number of nitrogens with two attached hydrogens (primary N) is 1. The Morgan fingerprint density at radius 2 is 1.61 bits per heavy atom. The highest BCUT2D eigenvalue weighted by atomic mass is 15.0. The normalized spacial score (nSPS) is 20.8. The van der Waals surface area contributed by atoms with E-state index in [4.69, 9.17) is 5.73 Å². The highest BCUT2D eigenvalue weighted by molar-refractivity contribution is 5.72. The molecule has 0 unspecified atom stereocenters. The van der Waals surface area contributed by atoms with E-state index < -0.39 is 0 Å². The summed E-state index contributed by atoms with van der Waals surface area (Å²) in [6, 6.07) is 17.7. The fraction of sp³-hybridized carbons (Fsp3) is 0.296. The van der Waals surface area contributed by atoms with Gasteiger partial charge in [0.2, 0.25) is 0 Å². The minimum Gasteiger partial charge on any atom is -0.403 e. The zero-order valence-electron chi connectivity index (χ0n) is 18.9.